The Hall–Kier alpha value is -2.34. The number of hydrogen-bond donors (Lipinski definition) is 3. The fraction of sp³-hybridized carbons (Fsp3) is 0.333. The molecule has 1 saturated heterocycles. The first-order valence-electron chi connectivity index (χ1n) is 5.68. The van der Waals surface area contributed by atoms with Crippen molar-refractivity contribution in [3.8, 4) is 0 Å². The van der Waals surface area contributed by atoms with E-state index in [0.717, 1.165) is 5.01 Å². The molecule has 3 heterocycles. The van der Waals surface area contributed by atoms with E-state index in [1.165, 1.54) is 12.7 Å². The molecule has 0 atom stereocenters. The van der Waals surface area contributed by atoms with Gasteiger partial charge >= 0.3 is 6.03 Å². The predicted octanol–water partition coefficient (Wildman–Crippen LogP) is -1.41. The number of nitrogens with one attached hydrogen (secondary N) is 1. The number of anilines is 1. The van der Waals surface area contributed by atoms with Gasteiger partial charge in [-0.1, -0.05) is 0 Å². The highest BCUT2D eigenvalue weighted by atomic mass is 16.7. The number of hydrazine groups is 2. The summed E-state index contributed by atoms with van der Waals surface area (Å²) in [6.45, 7) is 0.974. The molecule has 0 spiro atoms. The van der Waals surface area contributed by atoms with Crippen LogP contribution in [0.2, 0.25) is 0 Å². The van der Waals surface area contributed by atoms with Gasteiger partial charge in [-0.2, -0.15) is 0 Å². The second-order valence-corrected chi connectivity index (χ2v) is 3.89. The molecule has 2 aromatic rings. The Morgan fingerprint density at radius 1 is 1.40 bits per heavy atom. The lowest BCUT2D eigenvalue weighted by molar-refractivity contribution is -0.0984. The zero-order valence-electron chi connectivity index (χ0n) is 10.3. The maximum Gasteiger partial charge on any atom is 0.351 e. The SMILES string of the molecule is NNC(=O)N(N)c1ncnc2c1ncn2C1OCCO1. The maximum absolute atomic E-state index is 11.4. The van der Waals surface area contributed by atoms with Crippen LogP contribution in [0.15, 0.2) is 12.7 Å². The summed E-state index contributed by atoms with van der Waals surface area (Å²) in [5, 5.41) is 0.748. The van der Waals surface area contributed by atoms with Crippen LogP contribution in [0, 0.1) is 0 Å². The normalized spacial score (nSPS) is 15.7. The lowest BCUT2D eigenvalue weighted by Gasteiger charge is -2.15. The number of carbonyl (C=O) groups excluding carboxylic acids is 1. The number of carbonyl (C=O) groups is 1. The molecule has 106 valence electrons. The van der Waals surface area contributed by atoms with Crippen LogP contribution in [-0.4, -0.2) is 38.8 Å². The third-order valence-electron chi connectivity index (χ3n) is 2.74. The second kappa shape index (κ2) is 4.97. The average Bonchev–Trinajstić information content (AvgIpc) is 3.13. The summed E-state index contributed by atoms with van der Waals surface area (Å²) in [6, 6.07) is -0.729. The van der Waals surface area contributed by atoms with Crippen molar-refractivity contribution in [2.75, 3.05) is 18.2 Å². The number of hydrogen-bond acceptors (Lipinski definition) is 8. The first-order chi connectivity index (χ1) is 9.72. The minimum absolute atomic E-state index is 0.120. The van der Waals surface area contributed by atoms with Gasteiger partial charge in [-0.05, 0) is 0 Å². The Morgan fingerprint density at radius 3 is 2.85 bits per heavy atom. The average molecular weight is 280 g/mol. The highest BCUT2D eigenvalue weighted by molar-refractivity contribution is 5.96. The third-order valence-corrected chi connectivity index (χ3v) is 2.74. The first kappa shape index (κ1) is 12.7. The molecule has 1 fully saturated rings. The van der Waals surface area contributed by atoms with Crippen molar-refractivity contribution >= 4 is 23.0 Å². The van der Waals surface area contributed by atoms with Crippen molar-refractivity contribution in [2.45, 2.75) is 6.41 Å². The zero-order chi connectivity index (χ0) is 14.1. The molecule has 11 nitrogen and oxygen atoms in total. The lowest BCUT2D eigenvalue weighted by Crippen LogP contribution is -2.48. The largest absolute Gasteiger partial charge is 0.351 e. The molecule has 0 bridgehead atoms. The van der Waals surface area contributed by atoms with Crippen molar-refractivity contribution in [3.05, 3.63) is 12.7 Å². The number of aromatic nitrogens is 4. The van der Waals surface area contributed by atoms with Gasteiger partial charge in [0.25, 0.3) is 0 Å². The maximum atomic E-state index is 11.4. The van der Waals surface area contributed by atoms with Gasteiger partial charge in [-0.3, -0.25) is 9.99 Å². The quantitative estimate of drug-likeness (QED) is 0.345. The molecule has 0 aliphatic carbocycles. The van der Waals surface area contributed by atoms with Crippen LogP contribution < -0.4 is 22.1 Å². The van der Waals surface area contributed by atoms with Crippen LogP contribution in [0.25, 0.3) is 11.2 Å². The Kier molecular flexibility index (Phi) is 3.15. The molecule has 0 unspecified atom stereocenters. The van der Waals surface area contributed by atoms with E-state index in [2.05, 4.69) is 15.0 Å². The molecule has 5 N–H and O–H groups in total. The highest BCUT2D eigenvalue weighted by Gasteiger charge is 2.24. The van der Waals surface area contributed by atoms with E-state index in [4.69, 9.17) is 21.2 Å². The first-order valence-corrected chi connectivity index (χ1v) is 5.68. The van der Waals surface area contributed by atoms with Crippen molar-refractivity contribution in [3.63, 3.8) is 0 Å². The van der Waals surface area contributed by atoms with E-state index >= 15 is 0 Å². The summed E-state index contributed by atoms with van der Waals surface area (Å²) >= 11 is 0. The van der Waals surface area contributed by atoms with Crippen LogP contribution >= 0.6 is 0 Å². The van der Waals surface area contributed by atoms with Crippen molar-refractivity contribution < 1.29 is 14.3 Å². The zero-order valence-corrected chi connectivity index (χ0v) is 10.3. The molecule has 1 aliphatic heterocycles. The summed E-state index contributed by atoms with van der Waals surface area (Å²) in [7, 11) is 0. The summed E-state index contributed by atoms with van der Waals surface area (Å²) in [4.78, 5) is 23.6. The number of ether oxygens (including phenoxy) is 2. The Balaban J connectivity index is 2.05. The van der Waals surface area contributed by atoms with E-state index in [9.17, 15) is 4.79 Å². The summed E-state index contributed by atoms with van der Waals surface area (Å²) in [5.41, 5.74) is 2.67. The topological polar surface area (TPSA) is 146 Å². The molecule has 0 radical (unpaired) electrons. The fourth-order valence-corrected chi connectivity index (χ4v) is 1.84. The van der Waals surface area contributed by atoms with Crippen molar-refractivity contribution in [1.29, 1.82) is 0 Å². The number of amides is 2. The van der Waals surface area contributed by atoms with Crippen LogP contribution in [0.3, 0.4) is 0 Å². The number of nitrogens with zero attached hydrogens (tertiary/aromatic N) is 5. The lowest BCUT2D eigenvalue weighted by atomic mass is 10.5. The van der Waals surface area contributed by atoms with Gasteiger partial charge in [0.1, 0.15) is 12.7 Å². The van der Waals surface area contributed by atoms with Gasteiger partial charge in [-0.25, -0.2) is 36.4 Å². The minimum Gasteiger partial charge on any atom is -0.332 e. The number of rotatable bonds is 2. The Labute approximate surface area is 112 Å². The molecular formula is C9H12N8O3. The summed E-state index contributed by atoms with van der Waals surface area (Å²) < 4.78 is 12.3. The van der Waals surface area contributed by atoms with E-state index < -0.39 is 12.4 Å². The smallest absolute Gasteiger partial charge is 0.332 e. The van der Waals surface area contributed by atoms with Crippen LogP contribution in [0.4, 0.5) is 10.6 Å². The van der Waals surface area contributed by atoms with Gasteiger partial charge in [0.2, 0.25) is 6.41 Å². The van der Waals surface area contributed by atoms with Gasteiger partial charge in [0, 0.05) is 0 Å². The molecule has 3 rings (SSSR count). The molecule has 2 amide bonds. The Bertz CT molecular complexity index is 637. The van der Waals surface area contributed by atoms with Crippen LogP contribution in [-0.2, 0) is 9.47 Å². The monoisotopic (exact) mass is 280 g/mol. The second-order valence-electron chi connectivity index (χ2n) is 3.89. The molecule has 20 heavy (non-hydrogen) atoms. The van der Waals surface area contributed by atoms with Crippen molar-refractivity contribution in [2.24, 2.45) is 11.7 Å². The van der Waals surface area contributed by atoms with Gasteiger partial charge in [0.05, 0.1) is 13.2 Å². The van der Waals surface area contributed by atoms with Crippen molar-refractivity contribution in [1.82, 2.24) is 24.9 Å². The van der Waals surface area contributed by atoms with Gasteiger partial charge in [0.15, 0.2) is 17.0 Å². The summed E-state index contributed by atoms with van der Waals surface area (Å²) in [6.07, 6.45) is 2.14. The molecular weight excluding hydrogens is 268 g/mol. The minimum atomic E-state index is -0.729. The van der Waals surface area contributed by atoms with Crippen LogP contribution in [0.5, 0.6) is 0 Å². The summed E-state index contributed by atoms with van der Waals surface area (Å²) in [5.74, 6) is 10.8. The fourth-order valence-electron chi connectivity index (χ4n) is 1.84. The third kappa shape index (κ3) is 1.94. The highest BCUT2D eigenvalue weighted by Crippen LogP contribution is 2.25. The standard InChI is InChI=1S/C9H12N8O3/c10-15-8(18)17(11)7-5-6(12-3-13-7)16(4-14-5)9-19-1-2-20-9/h3-4,9H,1-2,10-11H2,(H,15,18). The van der Waals surface area contributed by atoms with E-state index in [1.54, 1.807) is 4.57 Å². The Morgan fingerprint density at radius 2 is 2.15 bits per heavy atom. The van der Waals surface area contributed by atoms with Gasteiger partial charge < -0.3 is 9.47 Å². The molecule has 0 saturated carbocycles. The number of urea groups is 1. The number of imidazole rings is 1. The molecule has 2 aromatic heterocycles. The molecule has 11 heteroatoms. The number of nitrogens with two attached hydrogens (primary N) is 2. The predicted molar refractivity (Wildman–Crippen MR) is 65.6 cm³/mol. The molecule has 0 aromatic carbocycles. The van der Waals surface area contributed by atoms with E-state index in [1.807, 2.05) is 5.43 Å². The number of fused-ring (bicyclic) bond motifs is 1. The molecule has 1 aliphatic rings. The van der Waals surface area contributed by atoms with E-state index in [-0.39, 0.29) is 5.82 Å². The van der Waals surface area contributed by atoms with Gasteiger partial charge in [-0.15, -0.1) is 0 Å². The van der Waals surface area contributed by atoms with Crippen LogP contribution in [0.1, 0.15) is 6.41 Å². The van der Waals surface area contributed by atoms with E-state index in [0.29, 0.717) is 24.4 Å².